The molecule has 0 spiro atoms. The molecule has 1 heterocycles. The second kappa shape index (κ2) is 14.5. The summed E-state index contributed by atoms with van der Waals surface area (Å²) in [5.74, 6) is 1.38. The lowest BCUT2D eigenvalue weighted by Crippen LogP contribution is -2.50. The lowest BCUT2D eigenvalue weighted by atomic mass is 9.98. The molecule has 1 atom stereocenters. The Hall–Kier alpha value is -1.58. The fourth-order valence-corrected chi connectivity index (χ4v) is 3.68. The summed E-state index contributed by atoms with van der Waals surface area (Å²) in [7, 11) is 0. The molecular formula is C23H38FIN4O2. The van der Waals surface area contributed by atoms with E-state index in [-0.39, 0.29) is 47.9 Å². The molecule has 176 valence electrons. The van der Waals surface area contributed by atoms with Gasteiger partial charge in [0.25, 0.3) is 0 Å². The maximum Gasteiger partial charge on any atom is 0.225 e. The van der Waals surface area contributed by atoms with Crippen LogP contribution in [-0.4, -0.2) is 55.1 Å². The van der Waals surface area contributed by atoms with E-state index in [1.54, 1.807) is 12.1 Å². The molecular weight excluding hydrogens is 510 g/mol. The van der Waals surface area contributed by atoms with Gasteiger partial charge in [0.15, 0.2) is 5.96 Å². The van der Waals surface area contributed by atoms with Crippen molar-refractivity contribution in [2.75, 3.05) is 26.2 Å². The Labute approximate surface area is 203 Å². The van der Waals surface area contributed by atoms with Crippen molar-refractivity contribution in [1.29, 1.82) is 0 Å². The van der Waals surface area contributed by atoms with Gasteiger partial charge in [-0.05, 0) is 51.7 Å². The minimum Gasteiger partial charge on any atom is -0.489 e. The first-order valence-electron chi connectivity index (χ1n) is 11.2. The summed E-state index contributed by atoms with van der Waals surface area (Å²) in [4.78, 5) is 19.2. The number of rotatable bonds is 9. The lowest BCUT2D eigenvalue weighted by Gasteiger charge is -2.35. The third-order valence-corrected chi connectivity index (χ3v) is 5.47. The smallest absolute Gasteiger partial charge is 0.225 e. The number of carbonyl (C=O) groups excluding carboxylic acids is 1. The second-order valence-electron chi connectivity index (χ2n) is 7.86. The molecule has 1 aliphatic heterocycles. The van der Waals surface area contributed by atoms with Crippen LogP contribution in [0.2, 0.25) is 0 Å². The predicted octanol–water partition coefficient (Wildman–Crippen LogP) is 4.19. The average molecular weight is 548 g/mol. The van der Waals surface area contributed by atoms with Gasteiger partial charge in [0.05, 0.1) is 6.54 Å². The van der Waals surface area contributed by atoms with Crippen LogP contribution in [0, 0.1) is 11.7 Å². The average Bonchev–Trinajstić information content (AvgIpc) is 2.73. The molecule has 6 nitrogen and oxygen atoms in total. The number of hydrogen-bond donors (Lipinski definition) is 2. The zero-order chi connectivity index (χ0) is 21.9. The van der Waals surface area contributed by atoms with E-state index in [2.05, 4.69) is 29.5 Å². The fourth-order valence-electron chi connectivity index (χ4n) is 3.68. The molecule has 2 rings (SSSR count). The minimum absolute atomic E-state index is 0. The molecule has 1 amide bonds. The molecule has 2 N–H and O–H groups in total. The molecule has 0 saturated carbocycles. The minimum atomic E-state index is -0.313. The number of nitrogens with one attached hydrogen (secondary N) is 2. The van der Waals surface area contributed by atoms with Crippen molar-refractivity contribution >= 4 is 35.8 Å². The molecule has 1 aromatic rings. The molecule has 0 aliphatic carbocycles. The summed E-state index contributed by atoms with van der Waals surface area (Å²) in [6.07, 6.45) is 3.44. The van der Waals surface area contributed by atoms with Crippen molar-refractivity contribution in [3.63, 3.8) is 0 Å². The summed E-state index contributed by atoms with van der Waals surface area (Å²) >= 11 is 0. The summed E-state index contributed by atoms with van der Waals surface area (Å²) in [6, 6.07) is 6.43. The standard InChI is InChI=1S/C23H37FN4O2.HI/c1-5-18(6-2)22(29)28-13-11-20(12-14-28)27-23(25-7-3)26-16-17(4)30-21-10-8-9-19(24)15-21;/h8-10,15,17-18,20H,5-7,11-14,16H2,1-4H3,(H2,25,26,27);1H. The van der Waals surface area contributed by atoms with E-state index in [1.165, 1.54) is 12.1 Å². The van der Waals surface area contributed by atoms with Gasteiger partial charge in [-0.15, -0.1) is 24.0 Å². The quantitative estimate of drug-likeness (QED) is 0.276. The number of hydrogen-bond acceptors (Lipinski definition) is 3. The van der Waals surface area contributed by atoms with Crippen molar-refractivity contribution in [3.8, 4) is 5.75 Å². The molecule has 31 heavy (non-hydrogen) atoms. The summed E-state index contributed by atoms with van der Waals surface area (Å²) in [5, 5.41) is 6.76. The monoisotopic (exact) mass is 548 g/mol. The highest BCUT2D eigenvalue weighted by atomic mass is 127. The lowest BCUT2D eigenvalue weighted by molar-refractivity contribution is -0.136. The van der Waals surface area contributed by atoms with Gasteiger partial charge in [0.1, 0.15) is 17.7 Å². The van der Waals surface area contributed by atoms with Crippen molar-refractivity contribution < 1.29 is 13.9 Å². The van der Waals surface area contributed by atoms with Crippen molar-refractivity contribution in [3.05, 3.63) is 30.1 Å². The molecule has 0 radical (unpaired) electrons. The van der Waals surface area contributed by atoms with E-state index in [0.29, 0.717) is 18.2 Å². The van der Waals surface area contributed by atoms with Gasteiger partial charge in [-0.2, -0.15) is 0 Å². The zero-order valence-corrected chi connectivity index (χ0v) is 21.5. The van der Waals surface area contributed by atoms with E-state index in [0.717, 1.165) is 51.3 Å². The summed E-state index contributed by atoms with van der Waals surface area (Å²) in [5.41, 5.74) is 0. The molecule has 1 unspecified atom stereocenters. The normalized spacial score (nSPS) is 15.9. The number of nitrogens with zero attached hydrogens (tertiary/aromatic N) is 2. The van der Waals surface area contributed by atoms with Crippen molar-refractivity contribution in [2.45, 2.75) is 65.5 Å². The van der Waals surface area contributed by atoms with Crippen LogP contribution in [0.4, 0.5) is 4.39 Å². The highest BCUT2D eigenvalue weighted by Crippen LogP contribution is 2.17. The fraction of sp³-hybridized carbons (Fsp3) is 0.652. The van der Waals surface area contributed by atoms with E-state index in [1.807, 2.05) is 18.7 Å². The van der Waals surface area contributed by atoms with Crippen LogP contribution in [-0.2, 0) is 4.79 Å². The maximum atomic E-state index is 13.3. The Morgan fingerprint density at radius 1 is 1.26 bits per heavy atom. The van der Waals surface area contributed by atoms with Gasteiger partial charge >= 0.3 is 0 Å². The van der Waals surface area contributed by atoms with Crippen molar-refractivity contribution in [1.82, 2.24) is 15.5 Å². The van der Waals surface area contributed by atoms with Crippen LogP contribution in [0.25, 0.3) is 0 Å². The van der Waals surface area contributed by atoms with Crippen LogP contribution in [0.1, 0.15) is 53.4 Å². The molecule has 8 heteroatoms. The number of amides is 1. The number of likely N-dealkylation sites (tertiary alicyclic amines) is 1. The highest BCUT2D eigenvalue weighted by Gasteiger charge is 2.26. The van der Waals surface area contributed by atoms with Crippen LogP contribution >= 0.6 is 24.0 Å². The number of piperidine rings is 1. The number of ether oxygens (including phenoxy) is 1. The summed E-state index contributed by atoms with van der Waals surface area (Å²) < 4.78 is 19.1. The van der Waals surface area contributed by atoms with Gasteiger partial charge in [0, 0.05) is 37.7 Å². The Balaban J connectivity index is 0.00000480. The maximum absolute atomic E-state index is 13.3. The number of aliphatic imine (C=N–C) groups is 1. The molecule has 1 saturated heterocycles. The first-order chi connectivity index (χ1) is 14.5. The Bertz CT molecular complexity index is 692. The predicted molar refractivity (Wildman–Crippen MR) is 135 cm³/mol. The topological polar surface area (TPSA) is 66.0 Å². The first-order valence-corrected chi connectivity index (χ1v) is 11.2. The van der Waals surface area contributed by atoms with Crippen LogP contribution < -0.4 is 15.4 Å². The first kappa shape index (κ1) is 27.5. The molecule has 0 aromatic heterocycles. The Morgan fingerprint density at radius 3 is 2.52 bits per heavy atom. The van der Waals surface area contributed by atoms with Gasteiger partial charge in [0.2, 0.25) is 5.91 Å². The van der Waals surface area contributed by atoms with Crippen LogP contribution in [0.15, 0.2) is 29.3 Å². The van der Waals surface area contributed by atoms with Gasteiger partial charge in [-0.25, -0.2) is 9.38 Å². The summed E-state index contributed by atoms with van der Waals surface area (Å²) in [6.45, 7) is 10.9. The third-order valence-electron chi connectivity index (χ3n) is 5.47. The van der Waals surface area contributed by atoms with Crippen LogP contribution in [0.5, 0.6) is 5.75 Å². The van der Waals surface area contributed by atoms with E-state index in [4.69, 9.17) is 4.74 Å². The number of halogens is 2. The van der Waals surface area contributed by atoms with E-state index in [9.17, 15) is 9.18 Å². The SMILES string of the molecule is CCNC(=NCC(C)Oc1cccc(F)c1)NC1CCN(C(=O)C(CC)CC)CC1.I. The molecule has 1 fully saturated rings. The number of benzene rings is 1. The highest BCUT2D eigenvalue weighted by molar-refractivity contribution is 14.0. The Kier molecular flexibility index (Phi) is 12.8. The largest absolute Gasteiger partial charge is 0.489 e. The zero-order valence-electron chi connectivity index (χ0n) is 19.2. The Morgan fingerprint density at radius 2 is 1.94 bits per heavy atom. The third kappa shape index (κ3) is 9.21. The van der Waals surface area contributed by atoms with Crippen LogP contribution in [0.3, 0.4) is 0 Å². The molecule has 1 aliphatic rings. The number of guanidine groups is 1. The molecule has 1 aromatic carbocycles. The second-order valence-corrected chi connectivity index (χ2v) is 7.86. The van der Waals surface area contributed by atoms with Crippen molar-refractivity contribution in [2.24, 2.45) is 10.9 Å². The van der Waals surface area contributed by atoms with Gasteiger partial charge < -0.3 is 20.3 Å². The number of carbonyl (C=O) groups is 1. The van der Waals surface area contributed by atoms with E-state index >= 15 is 0 Å². The van der Waals surface area contributed by atoms with Gasteiger partial charge in [-0.3, -0.25) is 4.79 Å². The molecule has 0 bridgehead atoms. The van der Waals surface area contributed by atoms with Gasteiger partial charge in [-0.1, -0.05) is 19.9 Å². The van der Waals surface area contributed by atoms with E-state index < -0.39 is 0 Å².